The highest BCUT2D eigenvalue weighted by Crippen LogP contribution is 2.14. The van der Waals surface area contributed by atoms with Gasteiger partial charge in [-0.1, -0.05) is 108 Å². The number of aryl methyl sites for hydroxylation is 6. The highest BCUT2D eigenvalue weighted by atomic mass is 79.9. The maximum Gasteiger partial charge on any atom is 0.242 e. The molecule has 0 unspecified atom stereocenters. The zero-order valence-electron chi connectivity index (χ0n) is 16.6. The molecule has 132 valence electrons. The Balaban J connectivity index is 2.36. The van der Waals surface area contributed by atoms with Crippen LogP contribution in [0.5, 0.6) is 0 Å². The van der Waals surface area contributed by atoms with Gasteiger partial charge in [0.25, 0.3) is 0 Å². The Bertz CT molecular complexity index is 868. The van der Waals surface area contributed by atoms with E-state index in [4.69, 9.17) is 0 Å². The predicted octanol–water partition coefficient (Wildman–Crippen LogP) is 4.82. The van der Waals surface area contributed by atoms with E-state index < -0.39 is 0 Å². The lowest BCUT2D eigenvalue weighted by Crippen LogP contribution is -2.55. The second-order valence-electron chi connectivity index (χ2n) is 7.61. The molecule has 0 nitrogen and oxygen atoms in total. The molecule has 0 atom stereocenters. The van der Waals surface area contributed by atoms with Crippen molar-refractivity contribution < 1.29 is 0 Å². The molecule has 0 aliphatic carbocycles. The molecule has 3 aromatic carbocycles. The maximum absolute atomic E-state index is 3.67. The zero-order chi connectivity index (χ0) is 19.0. The summed E-state index contributed by atoms with van der Waals surface area (Å²) < 4.78 is 1.13. The fraction of sp³-hybridized carbons (Fsp3) is 0.250. The third-order valence-electron chi connectivity index (χ3n) is 5.24. The van der Waals surface area contributed by atoms with Gasteiger partial charge in [-0.15, -0.1) is 0 Å². The van der Waals surface area contributed by atoms with E-state index in [0.29, 0.717) is 0 Å². The Morgan fingerprint density at radius 1 is 0.615 bits per heavy atom. The second-order valence-corrected chi connectivity index (χ2v) is 8.53. The summed E-state index contributed by atoms with van der Waals surface area (Å²) in [5.74, 6) is 0. The van der Waals surface area contributed by atoms with Crippen LogP contribution in [0.15, 0.2) is 53.0 Å². The van der Waals surface area contributed by atoms with Crippen LogP contribution in [0.1, 0.15) is 33.4 Å². The minimum atomic E-state index is 0.244. The van der Waals surface area contributed by atoms with Crippen molar-refractivity contribution >= 4 is 39.0 Å². The molecule has 0 aliphatic rings. The molecule has 3 rings (SSSR count). The lowest BCUT2D eigenvalue weighted by molar-refractivity contribution is 1.34. The first-order chi connectivity index (χ1) is 12.3. The maximum atomic E-state index is 3.67. The lowest BCUT2D eigenvalue weighted by atomic mass is 9.34. The molecule has 0 saturated carbocycles. The summed E-state index contributed by atoms with van der Waals surface area (Å²) in [5, 5.41) is 0. The third-order valence-corrected chi connectivity index (χ3v) is 5.73. The molecule has 0 saturated heterocycles. The summed E-state index contributed by atoms with van der Waals surface area (Å²) in [6, 6.07) is 18.0. The van der Waals surface area contributed by atoms with Crippen LogP contribution in [0.2, 0.25) is 0 Å². The molecule has 0 fully saturated rings. The first-order valence-corrected chi connectivity index (χ1v) is 9.98. The van der Waals surface area contributed by atoms with Crippen molar-refractivity contribution in [2.24, 2.45) is 0 Å². The van der Waals surface area contributed by atoms with Crippen molar-refractivity contribution in [3.8, 4) is 0 Å². The summed E-state index contributed by atoms with van der Waals surface area (Å²) in [6.07, 6.45) is 0. The van der Waals surface area contributed by atoms with E-state index in [1.165, 1.54) is 49.8 Å². The number of benzene rings is 3. The van der Waals surface area contributed by atoms with Crippen LogP contribution in [0.4, 0.5) is 0 Å². The molecule has 3 aromatic rings. The smallest absolute Gasteiger partial charge is 0.0675 e. The molecule has 0 radical (unpaired) electrons. The van der Waals surface area contributed by atoms with Crippen LogP contribution in [0.3, 0.4) is 0 Å². The van der Waals surface area contributed by atoms with Crippen LogP contribution < -0.4 is 16.4 Å². The van der Waals surface area contributed by atoms with Gasteiger partial charge in [-0.05, 0) is 47.6 Å². The van der Waals surface area contributed by atoms with Gasteiger partial charge in [0.1, 0.15) is 0 Å². The number of hydrogen-bond donors (Lipinski definition) is 0. The van der Waals surface area contributed by atoms with Crippen molar-refractivity contribution in [2.75, 3.05) is 0 Å². The summed E-state index contributed by atoms with van der Waals surface area (Å²) in [5.41, 5.74) is 12.3. The van der Waals surface area contributed by atoms with Gasteiger partial charge in [0.15, 0.2) is 0 Å². The van der Waals surface area contributed by atoms with Crippen molar-refractivity contribution in [1.82, 2.24) is 0 Å². The SMILES string of the molecule is Cc1cc(C)c(B(c2cccc(Br)c2)c2c(C)cc(C)cc2C)c(C)c1. The summed E-state index contributed by atoms with van der Waals surface area (Å²) in [4.78, 5) is 0. The Labute approximate surface area is 166 Å². The Morgan fingerprint density at radius 2 is 1.04 bits per heavy atom. The number of halogens is 1. The standard InChI is InChI=1S/C24H26BBr/c1-15-10-17(3)23(18(4)11-15)25(21-8-7-9-22(26)14-21)24-19(5)12-16(2)13-20(24)6/h7-14H,1-6H3. The van der Waals surface area contributed by atoms with E-state index >= 15 is 0 Å². The molecular formula is C24H26BBr. The fourth-order valence-electron chi connectivity index (χ4n) is 4.46. The minimum Gasteiger partial charge on any atom is -0.0675 e. The van der Waals surface area contributed by atoms with E-state index in [0.717, 1.165) is 4.47 Å². The molecule has 0 heterocycles. The first kappa shape index (κ1) is 19.0. The van der Waals surface area contributed by atoms with Crippen LogP contribution in [-0.4, -0.2) is 6.71 Å². The van der Waals surface area contributed by atoms with Gasteiger partial charge in [0.2, 0.25) is 6.71 Å². The topological polar surface area (TPSA) is 0 Å². The quantitative estimate of drug-likeness (QED) is 0.549. The fourth-order valence-corrected chi connectivity index (χ4v) is 4.87. The van der Waals surface area contributed by atoms with Crippen molar-refractivity contribution in [3.63, 3.8) is 0 Å². The van der Waals surface area contributed by atoms with Crippen LogP contribution in [0, 0.1) is 41.5 Å². The van der Waals surface area contributed by atoms with Gasteiger partial charge >= 0.3 is 0 Å². The van der Waals surface area contributed by atoms with Gasteiger partial charge in [0.05, 0.1) is 0 Å². The highest BCUT2D eigenvalue weighted by molar-refractivity contribution is 9.10. The van der Waals surface area contributed by atoms with Crippen molar-refractivity contribution in [3.05, 3.63) is 86.4 Å². The summed E-state index contributed by atoms with van der Waals surface area (Å²) >= 11 is 3.67. The molecular weight excluding hydrogens is 379 g/mol. The average molecular weight is 405 g/mol. The molecule has 0 amide bonds. The molecule has 0 N–H and O–H groups in total. The van der Waals surface area contributed by atoms with E-state index in [2.05, 4.69) is 106 Å². The Hall–Kier alpha value is -1.80. The normalized spacial score (nSPS) is 10.9. The second kappa shape index (κ2) is 7.44. The van der Waals surface area contributed by atoms with E-state index in [-0.39, 0.29) is 6.71 Å². The van der Waals surface area contributed by atoms with Crippen LogP contribution in [0.25, 0.3) is 0 Å². The number of rotatable bonds is 3. The van der Waals surface area contributed by atoms with Gasteiger partial charge in [-0.3, -0.25) is 0 Å². The van der Waals surface area contributed by atoms with E-state index in [1.807, 2.05) is 0 Å². The predicted molar refractivity (Wildman–Crippen MR) is 120 cm³/mol. The molecule has 26 heavy (non-hydrogen) atoms. The zero-order valence-corrected chi connectivity index (χ0v) is 18.2. The van der Waals surface area contributed by atoms with Gasteiger partial charge in [-0.25, -0.2) is 0 Å². The molecule has 2 heteroatoms. The largest absolute Gasteiger partial charge is 0.242 e. The lowest BCUT2D eigenvalue weighted by Gasteiger charge is -2.24. The van der Waals surface area contributed by atoms with E-state index in [9.17, 15) is 0 Å². The minimum absolute atomic E-state index is 0.244. The summed E-state index contributed by atoms with van der Waals surface area (Å²) in [7, 11) is 0. The van der Waals surface area contributed by atoms with Gasteiger partial charge in [0, 0.05) is 4.47 Å². The molecule has 0 bridgehead atoms. The Kier molecular flexibility index (Phi) is 5.43. The molecule has 0 aromatic heterocycles. The van der Waals surface area contributed by atoms with Gasteiger partial charge < -0.3 is 0 Å². The van der Waals surface area contributed by atoms with Gasteiger partial charge in [-0.2, -0.15) is 0 Å². The number of hydrogen-bond acceptors (Lipinski definition) is 0. The third kappa shape index (κ3) is 3.66. The monoisotopic (exact) mass is 404 g/mol. The molecule has 0 aliphatic heterocycles. The van der Waals surface area contributed by atoms with Crippen LogP contribution >= 0.6 is 15.9 Å². The Morgan fingerprint density at radius 3 is 1.42 bits per heavy atom. The van der Waals surface area contributed by atoms with Crippen molar-refractivity contribution in [1.29, 1.82) is 0 Å². The highest BCUT2D eigenvalue weighted by Gasteiger charge is 2.28. The van der Waals surface area contributed by atoms with Crippen LogP contribution in [-0.2, 0) is 0 Å². The van der Waals surface area contributed by atoms with E-state index in [1.54, 1.807) is 0 Å². The first-order valence-electron chi connectivity index (χ1n) is 9.19. The summed E-state index contributed by atoms with van der Waals surface area (Å²) in [6.45, 7) is 13.6. The van der Waals surface area contributed by atoms with Crippen molar-refractivity contribution in [2.45, 2.75) is 41.5 Å². The molecule has 0 spiro atoms. The average Bonchev–Trinajstić information content (AvgIpc) is 2.51.